The fourth-order valence-corrected chi connectivity index (χ4v) is 2.82. The van der Waals surface area contributed by atoms with Gasteiger partial charge in [0.2, 0.25) is 0 Å². The lowest BCUT2D eigenvalue weighted by Crippen LogP contribution is -2.00. The van der Waals surface area contributed by atoms with Crippen LogP contribution < -0.4 is 0 Å². The predicted octanol–water partition coefficient (Wildman–Crippen LogP) is 4.08. The van der Waals surface area contributed by atoms with Crippen molar-refractivity contribution in [3.05, 3.63) is 96.3 Å². The molecule has 0 fully saturated rings. The molecule has 1 N–H and O–H groups in total. The van der Waals surface area contributed by atoms with Crippen LogP contribution in [0.5, 0.6) is 0 Å². The largest absolute Gasteiger partial charge is 0.384 e. The van der Waals surface area contributed by atoms with E-state index in [0.717, 1.165) is 28.0 Å². The highest BCUT2D eigenvalue weighted by Crippen LogP contribution is 2.25. The maximum atomic E-state index is 10.5. The van der Waals surface area contributed by atoms with Gasteiger partial charge in [-0.05, 0) is 23.3 Å². The molecule has 0 spiro atoms. The van der Waals surface area contributed by atoms with E-state index in [2.05, 4.69) is 4.98 Å². The van der Waals surface area contributed by atoms with Gasteiger partial charge in [-0.25, -0.2) is 4.98 Å². The molecule has 2 aromatic heterocycles. The Balaban J connectivity index is 1.76. The fraction of sp³-hybridized carbons (Fsp3) is 0.0500. The average molecular weight is 300 g/mol. The van der Waals surface area contributed by atoms with Gasteiger partial charge in [0.15, 0.2) is 0 Å². The maximum Gasteiger partial charge on any atom is 0.144 e. The van der Waals surface area contributed by atoms with Crippen molar-refractivity contribution < 1.29 is 5.11 Å². The molecule has 2 aromatic carbocycles. The summed E-state index contributed by atoms with van der Waals surface area (Å²) in [7, 11) is 0. The summed E-state index contributed by atoms with van der Waals surface area (Å²) in [4.78, 5) is 4.52. The van der Waals surface area contributed by atoms with E-state index >= 15 is 0 Å². The van der Waals surface area contributed by atoms with Gasteiger partial charge in [-0.1, -0.05) is 60.7 Å². The first kappa shape index (κ1) is 13.7. The van der Waals surface area contributed by atoms with Crippen LogP contribution in [0.4, 0.5) is 0 Å². The SMILES string of the molecule is OC(c1ccccc1)c1ccn2c(-c3ccccc3)ncc2c1. The van der Waals surface area contributed by atoms with Gasteiger partial charge in [0.25, 0.3) is 0 Å². The molecule has 0 aliphatic heterocycles. The number of imidazole rings is 1. The Morgan fingerprint density at radius 3 is 2.26 bits per heavy atom. The first-order valence-electron chi connectivity index (χ1n) is 7.58. The van der Waals surface area contributed by atoms with Crippen molar-refractivity contribution in [3.63, 3.8) is 0 Å². The molecule has 0 saturated heterocycles. The van der Waals surface area contributed by atoms with E-state index in [4.69, 9.17) is 0 Å². The molecule has 4 rings (SSSR count). The van der Waals surface area contributed by atoms with Crippen molar-refractivity contribution in [1.82, 2.24) is 9.38 Å². The van der Waals surface area contributed by atoms with Crippen LogP contribution in [0.25, 0.3) is 16.9 Å². The number of hydrogen-bond donors (Lipinski definition) is 1. The van der Waals surface area contributed by atoms with Crippen molar-refractivity contribution in [1.29, 1.82) is 0 Å². The number of nitrogens with zero attached hydrogens (tertiary/aromatic N) is 2. The Morgan fingerprint density at radius 2 is 1.52 bits per heavy atom. The molecule has 0 radical (unpaired) electrons. The van der Waals surface area contributed by atoms with Crippen molar-refractivity contribution in [3.8, 4) is 11.4 Å². The summed E-state index contributed by atoms with van der Waals surface area (Å²) in [5.74, 6) is 0.904. The molecule has 0 saturated carbocycles. The van der Waals surface area contributed by atoms with E-state index in [0.29, 0.717) is 0 Å². The molecule has 23 heavy (non-hydrogen) atoms. The highest BCUT2D eigenvalue weighted by Gasteiger charge is 2.12. The number of pyridine rings is 1. The standard InChI is InChI=1S/C20H16N2O/c23-19(15-7-3-1-4-8-15)17-11-12-22-18(13-17)14-21-20(22)16-9-5-2-6-10-16/h1-14,19,23H. The fourth-order valence-electron chi connectivity index (χ4n) is 2.82. The minimum atomic E-state index is -0.628. The second-order valence-electron chi connectivity index (χ2n) is 5.52. The van der Waals surface area contributed by atoms with Crippen LogP contribution in [0, 0.1) is 0 Å². The van der Waals surface area contributed by atoms with Gasteiger partial charge in [0.05, 0.1) is 11.7 Å². The van der Waals surface area contributed by atoms with Crippen LogP contribution in [-0.4, -0.2) is 14.5 Å². The Kier molecular flexibility index (Phi) is 3.41. The van der Waals surface area contributed by atoms with Crippen molar-refractivity contribution in [2.75, 3.05) is 0 Å². The van der Waals surface area contributed by atoms with Crippen LogP contribution in [0.1, 0.15) is 17.2 Å². The zero-order chi connectivity index (χ0) is 15.6. The minimum absolute atomic E-state index is 0.628. The predicted molar refractivity (Wildman–Crippen MR) is 91.1 cm³/mol. The summed E-state index contributed by atoms with van der Waals surface area (Å²) in [6.07, 6.45) is 3.17. The number of aliphatic hydroxyl groups is 1. The summed E-state index contributed by atoms with van der Waals surface area (Å²) in [6, 6.07) is 23.7. The molecule has 0 bridgehead atoms. The molecule has 1 atom stereocenters. The molecule has 1 unspecified atom stereocenters. The van der Waals surface area contributed by atoms with Crippen LogP contribution >= 0.6 is 0 Å². The van der Waals surface area contributed by atoms with E-state index in [-0.39, 0.29) is 0 Å². The quantitative estimate of drug-likeness (QED) is 0.619. The van der Waals surface area contributed by atoms with Crippen LogP contribution in [-0.2, 0) is 0 Å². The third-order valence-corrected chi connectivity index (χ3v) is 4.02. The van der Waals surface area contributed by atoms with Gasteiger partial charge in [-0.2, -0.15) is 0 Å². The van der Waals surface area contributed by atoms with Gasteiger partial charge >= 0.3 is 0 Å². The molecule has 3 nitrogen and oxygen atoms in total. The van der Waals surface area contributed by atoms with E-state index < -0.39 is 6.10 Å². The van der Waals surface area contributed by atoms with E-state index in [1.54, 1.807) is 0 Å². The Morgan fingerprint density at radius 1 is 0.826 bits per heavy atom. The second-order valence-corrected chi connectivity index (χ2v) is 5.52. The van der Waals surface area contributed by atoms with Gasteiger partial charge in [0, 0.05) is 11.8 Å². The van der Waals surface area contributed by atoms with Gasteiger partial charge < -0.3 is 5.11 Å². The van der Waals surface area contributed by atoms with E-state index in [1.807, 2.05) is 89.6 Å². The third kappa shape index (κ3) is 2.51. The van der Waals surface area contributed by atoms with Crippen LogP contribution in [0.15, 0.2) is 85.2 Å². The van der Waals surface area contributed by atoms with Gasteiger partial charge in [-0.3, -0.25) is 4.40 Å². The number of fused-ring (bicyclic) bond motifs is 1. The molecule has 4 aromatic rings. The Hall–Kier alpha value is -2.91. The monoisotopic (exact) mass is 300 g/mol. The zero-order valence-corrected chi connectivity index (χ0v) is 12.5. The number of aliphatic hydroxyl groups excluding tert-OH is 1. The molecule has 0 aliphatic carbocycles. The van der Waals surface area contributed by atoms with E-state index in [1.165, 1.54) is 0 Å². The minimum Gasteiger partial charge on any atom is -0.384 e. The number of benzene rings is 2. The van der Waals surface area contributed by atoms with Crippen molar-refractivity contribution in [2.24, 2.45) is 0 Å². The summed E-state index contributed by atoms with van der Waals surface area (Å²) in [6.45, 7) is 0. The Labute approximate surface area is 134 Å². The molecule has 112 valence electrons. The lowest BCUT2D eigenvalue weighted by atomic mass is 10.0. The van der Waals surface area contributed by atoms with Gasteiger partial charge in [-0.15, -0.1) is 0 Å². The molecular weight excluding hydrogens is 284 g/mol. The summed E-state index contributed by atoms with van der Waals surface area (Å²) >= 11 is 0. The van der Waals surface area contributed by atoms with Crippen molar-refractivity contribution >= 4 is 5.52 Å². The molecular formula is C20H16N2O. The number of aromatic nitrogens is 2. The third-order valence-electron chi connectivity index (χ3n) is 4.02. The zero-order valence-electron chi connectivity index (χ0n) is 12.5. The molecule has 3 heteroatoms. The first-order chi connectivity index (χ1) is 11.3. The summed E-state index contributed by atoms with van der Waals surface area (Å²) in [5.41, 5.74) is 3.79. The average Bonchev–Trinajstić information content (AvgIpc) is 3.06. The van der Waals surface area contributed by atoms with E-state index in [9.17, 15) is 5.11 Å². The maximum absolute atomic E-state index is 10.5. The summed E-state index contributed by atoms with van der Waals surface area (Å²) in [5, 5.41) is 10.5. The first-order valence-corrected chi connectivity index (χ1v) is 7.58. The normalized spacial score (nSPS) is 12.4. The topological polar surface area (TPSA) is 37.5 Å². The van der Waals surface area contributed by atoms with Gasteiger partial charge in [0.1, 0.15) is 11.9 Å². The molecule has 2 heterocycles. The molecule has 0 amide bonds. The number of hydrogen-bond acceptors (Lipinski definition) is 2. The lowest BCUT2D eigenvalue weighted by molar-refractivity contribution is 0.220. The molecule has 0 aliphatic rings. The second kappa shape index (κ2) is 5.71. The van der Waals surface area contributed by atoms with Crippen molar-refractivity contribution in [2.45, 2.75) is 6.10 Å². The Bertz CT molecular complexity index is 930. The highest BCUT2D eigenvalue weighted by molar-refractivity contribution is 5.63. The van der Waals surface area contributed by atoms with Crippen LogP contribution in [0.3, 0.4) is 0 Å². The smallest absolute Gasteiger partial charge is 0.144 e. The summed E-state index contributed by atoms with van der Waals surface area (Å²) < 4.78 is 2.04. The number of rotatable bonds is 3. The highest BCUT2D eigenvalue weighted by atomic mass is 16.3. The lowest BCUT2D eigenvalue weighted by Gasteiger charge is -2.12. The van der Waals surface area contributed by atoms with Crippen LogP contribution in [0.2, 0.25) is 0 Å².